The van der Waals surface area contributed by atoms with Crippen molar-refractivity contribution in [2.75, 3.05) is 20.1 Å². The van der Waals surface area contributed by atoms with Gasteiger partial charge in [0.15, 0.2) is 0 Å². The fourth-order valence-electron chi connectivity index (χ4n) is 3.57. The van der Waals surface area contributed by atoms with Gasteiger partial charge in [0.1, 0.15) is 5.60 Å². The molecule has 4 nitrogen and oxygen atoms in total. The Bertz CT molecular complexity index is 794. The molecule has 1 N–H and O–H groups in total. The van der Waals surface area contributed by atoms with Gasteiger partial charge in [-0.3, -0.25) is 9.69 Å². The summed E-state index contributed by atoms with van der Waals surface area (Å²) in [4.78, 5) is 12.7. The van der Waals surface area contributed by atoms with E-state index in [1.807, 2.05) is 49.5 Å². The number of carboxylic acid groups (broad SMARTS) is 1. The minimum absolute atomic E-state index is 0.0288. The summed E-state index contributed by atoms with van der Waals surface area (Å²) in [6.45, 7) is 1.21. The second-order valence-electron chi connectivity index (χ2n) is 6.66. The topological polar surface area (TPSA) is 49.8 Å². The molecule has 0 fully saturated rings. The fourth-order valence-corrected chi connectivity index (χ4v) is 3.89. The van der Waals surface area contributed by atoms with E-state index >= 15 is 0 Å². The van der Waals surface area contributed by atoms with Crippen molar-refractivity contribution in [3.8, 4) is 0 Å². The van der Waals surface area contributed by atoms with Crippen molar-refractivity contribution in [3.05, 3.63) is 69.2 Å². The van der Waals surface area contributed by atoms with Crippen LogP contribution in [-0.4, -0.2) is 36.1 Å². The number of benzene rings is 2. The number of hydrogen-bond acceptors (Lipinski definition) is 3. The lowest BCUT2D eigenvalue weighted by atomic mass is 9.82. The zero-order valence-electron chi connectivity index (χ0n) is 14.5. The molecule has 3 rings (SSSR count). The molecule has 0 spiro atoms. The van der Waals surface area contributed by atoms with Gasteiger partial charge in [-0.1, -0.05) is 41.4 Å². The molecule has 2 aromatic rings. The molecule has 2 aromatic carbocycles. The Morgan fingerprint density at radius 3 is 2.58 bits per heavy atom. The monoisotopic (exact) mass is 393 g/mol. The molecule has 6 heteroatoms. The normalized spacial score (nSPS) is 18.9. The van der Waals surface area contributed by atoms with Crippen molar-refractivity contribution in [1.82, 2.24) is 4.90 Å². The predicted molar refractivity (Wildman–Crippen MR) is 103 cm³/mol. The smallest absolute Gasteiger partial charge is 0.317 e. The number of halogens is 2. The second kappa shape index (κ2) is 7.97. The Kier molecular flexibility index (Phi) is 5.88. The van der Waals surface area contributed by atoms with Gasteiger partial charge in [0.2, 0.25) is 0 Å². The van der Waals surface area contributed by atoms with Crippen LogP contribution in [0, 0.1) is 0 Å². The standard InChI is InChI=1S/C20H21Cl2NO3/c1-23(12-19(24)25)10-2-9-20(15-3-5-16(21)6-4-15)18-8-7-17(22)11-14(18)13-26-20/h3-8,11H,2,9-10,12-13H2,1H3,(H,24,25). The maximum Gasteiger partial charge on any atom is 0.317 e. The zero-order chi connectivity index (χ0) is 18.7. The zero-order valence-corrected chi connectivity index (χ0v) is 16.1. The number of likely N-dealkylation sites (N-methyl/N-ethyl adjacent to an activating group) is 1. The van der Waals surface area contributed by atoms with Crippen LogP contribution in [0.15, 0.2) is 42.5 Å². The van der Waals surface area contributed by atoms with Gasteiger partial charge < -0.3 is 9.84 Å². The van der Waals surface area contributed by atoms with Gasteiger partial charge in [-0.05, 0) is 67.4 Å². The van der Waals surface area contributed by atoms with E-state index in [4.69, 9.17) is 33.0 Å². The van der Waals surface area contributed by atoms with Crippen LogP contribution < -0.4 is 0 Å². The van der Waals surface area contributed by atoms with E-state index in [0.29, 0.717) is 23.2 Å². The van der Waals surface area contributed by atoms with E-state index in [-0.39, 0.29) is 6.54 Å². The Morgan fingerprint density at radius 1 is 1.19 bits per heavy atom. The predicted octanol–water partition coefficient (Wildman–Crippen LogP) is 4.56. The maximum atomic E-state index is 10.8. The van der Waals surface area contributed by atoms with E-state index in [1.165, 1.54) is 0 Å². The second-order valence-corrected chi connectivity index (χ2v) is 7.53. The highest BCUT2D eigenvalue weighted by Crippen LogP contribution is 2.46. The first-order chi connectivity index (χ1) is 12.4. The van der Waals surface area contributed by atoms with Gasteiger partial charge in [0.25, 0.3) is 0 Å². The first-order valence-electron chi connectivity index (χ1n) is 8.50. The third-order valence-corrected chi connectivity index (χ3v) is 5.25. The highest BCUT2D eigenvalue weighted by atomic mass is 35.5. The average molecular weight is 394 g/mol. The van der Waals surface area contributed by atoms with Crippen LogP contribution >= 0.6 is 23.2 Å². The molecule has 0 saturated heterocycles. The quantitative estimate of drug-likeness (QED) is 0.748. The number of hydrogen-bond donors (Lipinski definition) is 1. The minimum atomic E-state index is -0.822. The third kappa shape index (κ3) is 4.04. The lowest BCUT2D eigenvalue weighted by Crippen LogP contribution is -2.31. The molecule has 1 atom stereocenters. The number of fused-ring (bicyclic) bond motifs is 1. The number of aliphatic carboxylic acids is 1. The van der Waals surface area contributed by atoms with Crippen molar-refractivity contribution in [2.45, 2.75) is 25.0 Å². The Morgan fingerprint density at radius 2 is 1.88 bits per heavy atom. The number of ether oxygens (including phenoxy) is 1. The molecular formula is C20H21Cl2NO3. The molecule has 0 bridgehead atoms. The first-order valence-corrected chi connectivity index (χ1v) is 9.25. The SMILES string of the molecule is CN(CCCC1(c2ccc(Cl)cc2)OCc2cc(Cl)ccc21)CC(=O)O. The summed E-state index contributed by atoms with van der Waals surface area (Å²) < 4.78 is 6.32. The van der Waals surface area contributed by atoms with E-state index in [1.54, 1.807) is 4.90 Å². The molecule has 0 radical (unpaired) electrons. The molecule has 0 aliphatic carbocycles. The van der Waals surface area contributed by atoms with Crippen molar-refractivity contribution < 1.29 is 14.6 Å². The summed E-state index contributed by atoms with van der Waals surface area (Å²) in [7, 11) is 1.81. The van der Waals surface area contributed by atoms with Crippen LogP contribution in [0.5, 0.6) is 0 Å². The summed E-state index contributed by atoms with van der Waals surface area (Å²) in [5.74, 6) is -0.822. The van der Waals surface area contributed by atoms with Crippen molar-refractivity contribution in [3.63, 3.8) is 0 Å². The van der Waals surface area contributed by atoms with Gasteiger partial charge in [0, 0.05) is 10.0 Å². The first kappa shape index (κ1) is 19.2. The summed E-state index contributed by atoms with van der Waals surface area (Å²) in [6.07, 6.45) is 1.54. The third-order valence-electron chi connectivity index (χ3n) is 4.76. The Balaban J connectivity index is 1.87. The lowest BCUT2D eigenvalue weighted by molar-refractivity contribution is -0.138. The largest absolute Gasteiger partial charge is 0.480 e. The Labute approximate surface area is 163 Å². The Hall–Kier alpha value is -1.59. The van der Waals surface area contributed by atoms with Gasteiger partial charge in [-0.25, -0.2) is 0 Å². The maximum absolute atomic E-state index is 10.8. The van der Waals surface area contributed by atoms with Crippen molar-refractivity contribution >= 4 is 29.2 Å². The molecule has 1 aliphatic heterocycles. The molecule has 0 aromatic heterocycles. The van der Waals surface area contributed by atoms with Crippen molar-refractivity contribution in [2.24, 2.45) is 0 Å². The highest BCUT2D eigenvalue weighted by molar-refractivity contribution is 6.30. The van der Waals surface area contributed by atoms with E-state index in [0.717, 1.165) is 29.5 Å². The summed E-state index contributed by atoms with van der Waals surface area (Å²) >= 11 is 12.2. The molecule has 1 aliphatic rings. The molecule has 0 amide bonds. The molecule has 0 saturated carbocycles. The molecule has 26 heavy (non-hydrogen) atoms. The number of carbonyl (C=O) groups is 1. The number of rotatable bonds is 7. The fraction of sp³-hybridized carbons (Fsp3) is 0.350. The van der Waals surface area contributed by atoms with Crippen LogP contribution in [-0.2, 0) is 21.7 Å². The van der Waals surface area contributed by atoms with Crippen LogP contribution in [0.25, 0.3) is 0 Å². The van der Waals surface area contributed by atoms with Gasteiger partial charge in [0.05, 0.1) is 13.2 Å². The van der Waals surface area contributed by atoms with E-state index in [2.05, 4.69) is 0 Å². The van der Waals surface area contributed by atoms with Crippen molar-refractivity contribution in [1.29, 1.82) is 0 Å². The van der Waals surface area contributed by atoms with Crippen LogP contribution in [0.4, 0.5) is 0 Å². The summed E-state index contributed by atoms with van der Waals surface area (Å²) in [6, 6.07) is 13.6. The van der Waals surface area contributed by atoms with Crippen LogP contribution in [0.1, 0.15) is 29.5 Å². The van der Waals surface area contributed by atoms with Crippen LogP contribution in [0.3, 0.4) is 0 Å². The summed E-state index contributed by atoms with van der Waals surface area (Å²) in [5, 5.41) is 10.3. The summed E-state index contributed by atoms with van der Waals surface area (Å²) in [5.41, 5.74) is 2.69. The number of nitrogens with zero attached hydrogens (tertiary/aromatic N) is 1. The lowest BCUT2D eigenvalue weighted by Gasteiger charge is -2.31. The molecule has 1 unspecified atom stereocenters. The van der Waals surface area contributed by atoms with Gasteiger partial charge >= 0.3 is 5.97 Å². The highest BCUT2D eigenvalue weighted by Gasteiger charge is 2.41. The van der Waals surface area contributed by atoms with E-state index in [9.17, 15) is 4.79 Å². The number of carboxylic acids is 1. The van der Waals surface area contributed by atoms with Gasteiger partial charge in [-0.2, -0.15) is 0 Å². The van der Waals surface area contributed by atoms with E-state index < -0.39 is 11.6 Å². The molecular weight excluding hydrogens is 373 g/mol. The van der Waals surface area contributed by atoms with Crippen LogP contribution in [0.2, 0.25) is 10.0 Å². The molecule has 1 heterocycles. The van der Waals surface area contributed by atoms with Gasteiger partial charge in [-0.15, -0.1) is 0 Å². The minimum Gasteiger partial charge on any atom is -0.480 e. The average Bonchev–Trinajstić information content (AvgIpc) is 2.93. The molecule has 138 valence electrons.